The third-order valence-corrected chi connectivity index (χ3v) is 3.55. The van der Waals surface area contributed by atoms with Gasteiger partial charge in [0.1, 0.15) is 11.6 Å². The Balaban J connectivity index is 2.01. The van der Waals surface area contributed by atoms with Gasteiger partial charge in [-0.2, -0.15) is 0 Å². The molecule has 6 heteroatoms. The molecule has 0 saturated carbocycles. The van der Waals surface area contributed by atoms with Gasteiger partial charge in [-0.1, -0.05) is 11.6 Å². The molecule has 120 valence electrons. The predicted molar refractivity (Wildman–Crippen MR) is 86.0 cm³/mol. The van der Waals surface area contributed by atoms with E-state index in [4.69, 9.17) is 16.3 Å². The van der Waals surface area contributed by atoms with Gasteiger partial charge in [-0.15, -0.1) is 0 Å². The highest BCUT2D eigenvalue weighted by atomic mass is 35.5. The summed E-state index contributed by atoms with van der Waals surface area (Å²) in [5.74, 6) is -0.203. The number of carbonyl (C=O) groups is 2. The predicted octanol–water partition coefficient (Wildman–Crippen LogP) is 3.68. The lowest BCUT2D eigenvalue weighted by Crippen LogP contribution is -2.45. The molecule has 2 amide bonds. The van der Waals surface area contributed by atoms with E-state index in [9.17, 15) is 9.59 Å². The molecule has 0 aromatic heterocycles. The number of halogens is 1. The molecular weight excluding hydrogens is 304 g/mol. The standard InChI is InChI=1S/C16H21ClN2O3/c1-16(2,3)22-15(21)19-10-4-5-13(19)14(20)18-12-8-6-11(17)7-9-12/h6-9,13H,4-5,10H2,1-3H3,(H,18,20). The zero-order valence-electron chi connectivity index (χ0n) is 13.1. The highest BCUT2D eigenvalue weighted by Crippen LogP contribution is 2.22. The Bertz CT molecular complexity index is 552. The van der Waals surface area contributed by atoms with Crippen molar-refractivity contribution in [1.82, 2.24) is 4.90 Å². The molecule has 1 aliphatic rings. The van der Waals surface area contributed by atoms with Crippen molar-refractivity contribution in [2.45, 2.75) is 45.3 Å². The summed E-state index contributed by atoms with van der Waals surface area (Å²) in [7, 11) is 0. The van der Waals surface area contributed by atoms with Crippen LogP contribution in [0.25, 0.3) is 0 Å². The molecule has 1 saturated heterocycles. The fourth-order valence-corrected chi connectivity index (χ4v) is 2.46. The van der Waals surface area contributed by atoms with Crippen LogP contribution in [0.3, 0.4) is 0 Å². The molecule has 0 spiro atoms. The molecular formula is C16H21ClN2O3. The minimum Gasteiger partial charge on any atom is -0.444 e. The van der Waals surface area contributed by atoms with Crippen LogP contribution in [-0.4, -0.2) is 35.1 Å². The number of nitrogens with one attached hydrogen (secondary N) is 1. The normalized spacial score (nSPS) is 18.2. The maximum atomic E-state index is 12.4. The fourth-order valence-electron chi connectivity index (χ4n) is 2.34. The van der Waals surface area contributed by atoms with Gasteiger partial charge in [0, 0.05) is 17.3 Å². The smallest absolute Gasteiger partial charge is 0.410 e. The summed E-state index contributed by atoms with van der Waals surface area (Å²) in [6, 6.07) is 6.38. The minimum absolute atomic E-state index is 0.203. The van der Waals surface area contributed by atoms with Crippen LogP contribution in [0.1, 0.15) is 33.6 Å². The molecule has 1 aliphatic heterocycles. The number of hydrogen-bond donors (Lipinski definition) is 1. The Hall–Kier alpha value is -1.75. The molecule has 1 heterocycles. The zero-order chi connectivity index (χ0) is 16.3. The van der Waals surface area contributed by atoms with Gasteiger partial charge in [0.25, 0.3) is 0 Å². The van der Waals surface area contributed by atoms with Crippen LogP contribution in [-0.2, 0) is 9.53 Å². The number of anilines is 1. The third kappa shape index (κ3) is 4.37. The topological polar surface area (TPSA) is 58.6 Å². The summed E-state index contributed by atoms with van der Waals surface area (Å²) in [6.45, 7) is 5.96. The molecule has 1 N–H and O–H groups in total. The Labute approximate surface area is 135 Å². The van der Waals surface area contributed by atoms with E-state index in [0.717, 1.165) is 6.42 Å². The van der Waals surface area contributed by atoms with E-state index in [1.54, 1.807) is 24.3 Å². The lowest BCUT2D eigenvalue weighted by molar-refractivity contribution is -0.120. The first-order valence-corrected chi connectivity index (χ1v) is 7.70. The summed E-state index contributed by atoms with van der Waals surface area (Å²) in [6.07, 6.45) is 0.984. The molecule has 0 aliphatic carbocycles. The molecule has 1 fully saturated rings. The number of benzene rings is 1. The van der Waals surface area contributed by atoms with Crippen molar-refractivity contribution in [2.75, 3.05) is 11.9 Å². The third-order valence-electron chi connectivity index (χ3n) is 3.30. The Morgan fingerprint density at radius 1 is 1.27 bits per heavy atom. The Kier molecular flexibility index (Phi) is 4.96. The maximum Gasteiger partial charge on any atom is 0.410 e. The first-order valence-electron chi connectivity index (χ1n) is 7.32. The Morgan fingerprint density at radius 3 is 2.50 bits per heavy atom. The largest absolute Gasteiger partial charge is 0.444 e. The summed E-state index contributed by atoms with van der Waals surface area (Å²) < 4.78 is 5.36. The van der Waals surface area contributed by atoms with Crippen molar-refractivity contribution in [3.8, 4) is 0 Å². The van der Waals surface area contributed by atoms with E-state index < -0.39 is 17.7 Å². The summed E-state index contributed by atoms with van der Waals surface area (Å²) in [5, 5.41) is 3.42. The maximum absolute atomic E-state index is 12.4. The molecule has 2 rings (SSSR count). The van der Waals surface area contributed by atoms with E-state index in [1.807, 2.05) is 20.8 Å². The molecule has 5 nitrogen and oxygen atoms in total. The van der Waals surface area contributed by atoms with Gasteiger partial charge in [0.05, 0.1) is 0 Å². The molecule has 1 aromatic rings. The number of likely N-dealkylation sites (tertiary alicyclic amines) is 1. The van der Waals surface area contributed by atoms with Gasteiger partial charge in [-0.25, -0.2) is 4.79 Å². The van der Waals surface area contributed by atoms with Crippen molar-refractivity contribution >= 4 is 29.3 Å². The SMILES string of the molecule is CC(C)(C)OC(=O)N1CCCC1C(=O)Nc1ccc(Cl)cc1. The van der Waals surface area contributed by atoms with Crippen LogP contribution < -0.4 is 5.32 Å². The summed E-state index contributed by atoms with van der Waals surface area (Å²) in [5.41, 5.74) is 0.0853. The van der Waals surface area contributed by atoms with Gasteiger partial charge in [-0.05, 0) is 57.9 Å². The van der Waals surface area contributed by atoms with Crippen LogP contribution >= 0.6 is 11.6 Å². The van der Waals surface area contributed by atoms with Crippen molar-refractivity contribution < 1.29 is 14.3 Å². The lowest BCUT2D eigenvalue weighted by atomic mass is 10.2. The van der Waals surface area contributed by atoms with Crippen molar-refractivity contribution in [2.24, 2.45) is 0 Å². The fraction of sp³-hybridized carbons (Fsp3) is 0.500. The highest BCUT2D eigenvalue weighted by Gasteiger charge is 2.36. The zero-order valence-corrected chi connectivity index (χ0v) is 13.8. The molecule has 1 unspecified atom stereocenters. The molecule has 1 atom stereocenters. The molecule has 22 heavy (non-hydrogen) atoms. The van der Waals surface area contributed by atoms with Crippen LogP contribution in [0, 0.1) is 0 Å². The van der Waals surface area contributed by atoms with E-state index in [1.165, 1.54) is 4.90 Å². The number of hydrogen-bond acceptors (Lipinski definition) is 3. The van der Waals surface area contributed by atoms with Crippen LogP contribution in [0.4, 0.5) is 10.5 Å². The number of carbonyl (C=O) groups excluding carboxylic acids is 2. The summed E-state index contributed by atoms with van der Waals surface area (Å²) >= 11 is 5.82. The number of ether oxygens (including phenoxy) is 1. The minimum atomic E-state index is -0.573. The second kappa shape index (κ2) is 6.57. The molecule has 1 aromatic carbocycles. The molecule has 0 radical (unpaired) electrons. The molecule has 0 bridgehead atoms. The number of nitrogens with zero attached hydrogens (tertiary/aromatic N) is 1. The second-order valence-electron chi connectivity index (χ2n) is 6.33. The van der Waals surface area contributed by atoms with Gasteiger partial charge in [-0.3, -0.25) is 9.69 Å². The van der Waals surface area contributed by atoms with E-state index in [0.29, 0.717) is 23.7 Å². The monoisotopic (exact) mass is 324 g/mol. The van der Waals surface area contributed by atoms with Crippen molar-refractivity contribution in [3.05, 3.63) is 29.3 Å². The number of rotatable bonds is 2. The average molecular weight is 325 g/mol. The van der Waals surface area contributed by atoms with Gasteiger partial charge >= 0.3 is 6.09 Å². The van der Waals surface area contributed by atoms with Crippen molar-refractivity contribution in [3.63, 3.8) is 0 Å². The van der Waals surface area contributed by atoms with Crippen LogP contribution in [0.2, 0.25) is 5.02 Å². The van der Waals surface area contributed by atoms with E-state index in [-0.39, 0.29) is 5.91 Å². The first kappa shape index (κ1) is 16.6. The van der Waals surface area contributed by atoms with Crippen molar-refractivity contribution in [1.29, 1.82) is 0 Å². The van der Waals surface area contributed by atoms with Gasteiger partial charge in [0.15, 0.2) is 0 Å². The van der Waals surface area contributed by atoms with Crippen LogP contribution in [0.5, 0.6) is 0 Å². The highest BCUT2D eigenvalue weighted by molar-refractivity contribution is 6.30. The van der Waals surface area contributed by atoms with Crippen LogP contribution in [0.15, 0.2) is 24.3 Å². The number of amides is 2. The van der Waals surface area contributed by atoms with E-state index in [2.05, 4.69) is 5.32 Å². The Morgan fingerprint density at radius 2 is 1.91 bits per heavy atom. The van der Waals surface area contributed by atoms with Gasteiger partial charge < -0.3 is 10.1 Å². The second-order valence-corrected chi connectivity index (χ2v) is 6.76. The lowest BCUT2D eigenvalue weighted by Gasteiger charge is -2.28. The average Bonchev–Trinajstić information content (AvgIpc) is 2.89. The summed E-state index contributed by atoms with van der Waals surface area (Å²) in [4.78, 5) is 26.1. The van der Waals surface area contributed by atoms with E-state index >= 15 is 0 Å². The van der Waals surface area contributed by atoms with Gasteiger partial charge in [0.2, 0.25) is 5.91 Å². The first-order chi connectivity index (χ1) is 10.3. The quantitative estimate of drug-likeness (QED) is 0.902.